The quantitative estimate of drug-likeness (QED) is 0.748. The Morgan fingerprint density at radius 1 is 1.37 bits per heavy atom. The van der Waals surface area contributed by atoms with Crippen LogP contribution >= 0.6 is 0 Å². The molecule has 19 heavy (non-hydrogen) atoms. The summed E-state index contributed by atoms with van der Waals surface area (Å²) in [5, 5.41) is 0. The van der Waals surface area contributed by atoms with Crippen LogP contribution in [0.1, 0.15) is 31.7 Å². The molecule has 0 saturated heterocycles. The Hall–Kier alpha value is -1.83. The van der Waals surface area contributed by atoms with E-state index in [-0.39, 0.29) is 12.1 Å². The summed E-state index contributed by atoms with van der Waals surface area (Å²) in [7, 11) is 0. The monoisotopic (exact) mass is 256 g/mol. The molecule has 2 heteroatoms. The number of hydrogen-bond acceptors (Lipinski definition) is 2. The Morgan fingerprint density at radius 3 is 2.79 bits per heavy atom. The predicted octanol–water partition coefficient (Wildman–Crippen LogP) is 3.83. The molecule has 100 valence electrons. The molecule has 2 nitrogen and oxygen atoms in total. The van der Waals surface area contributed by atoms with Crippen LogP contribution in [0.5, 0.6) is 0 Å². The minimum atomic E-state index is -0.214. The molecule has 1 atom stereocenters. The molecule has 0 fully saturated rings. The van der Waals surface area contributed by atoms with Gasteiger partial charge in [0.25, 0.3) is 0 Å². The fourth-order valence-electron chi connectivity index (χ4n) is 2.46. The van der Waals surface area contributed by atoms with Gasteiger partial charge in [-0.3, -0.25) is 4.79 Å². The Bertz CT molecular complexity index is 485. The summed E-state index contributed by atoms with van der Waals surface area (Å²) in [5.41, 5.74) is 3.52. The van der Waals surface area contributed by atoms with E-state index in [4.69, 9.17) is 4.74 Å². The van der Waals surface area contributed by atoms with Crippen LogP contribution in [0.4, 0.5) is 0 Å². The molecule has 0 heterocycles. The topological polar surface area (TPSA) is 26.3 Å². The average molecular weight is 256 g/mol. The van der Waals surface area contributed by atoms with Crippen LogP contribution in [0.3, 0.4) is 0 Å². The van der Waals surface area contributed by atoms with Crippen molar-refractivity contribution in [1.29, 1.82) is 0 Å². The third-order valence-electron chi connectivity index (χ3n) is 3.41. The largest absolute Gasteiger partial charge is 0.458 e. The van der Waals surface area contributed by atoms with Gasteiger partial charge in [0.2, 0.25) is 0 Å². The molecule has 0 saturated carbocycles. The summed E-state index contributed by atoms with van der Waals surface area (Å²) in [6.07, 6.45) is 5.82. The number of benzene rings is 1. The fourth-order valence-corrected chi connectivity index (χ4v) is 2.46. The molecule has 0 amide bonds. The Labute approximate surface area is 114 Å². The van der Waals surface area contributed by atoms with Gasteiger partial charge < -0.3 is 4.74 Å². The van der Waals surface area contributed by atoms with Crippen molar-refractivity contribution in [2.75, 3.05) is 0 Å². The van der Waals surface area contributed by atoms with Gasteiger partial charge in [0.15, 0.2) is 0 Å². The van der Waals surface area contributed by atoms with E-state index in [0.29, 0.717) is 0 Å². The zero-order valence-electron chi connectivity index (χ0n) is 11.4. The van der Waals surface area contributed by atoms with Crippen LogP contribution in [0.15, 0.2) is 54.1 Å². The van der Waals surface area contributed by atoms with E-state index in [9.17, 15) is 4.79 Å². The van der Waals surface area contributed by atoms with Gasteiger partial charge in [-0.2, -0.15) is 0 Å². The van der Waals surface area contributed by atoms with Gasteiger partial charge in [0.1, 0.15) is 6.10 Å². The third kappa shape index (κ3) is 3.82. The second-order valence-corrected chi connectivity index (χ2v) is 4.92. The summed E-state index contributed by atoms with van der Waals surface area (Å²) in [4.78, 5) is 11.1. The smallest absolute Gasteiger partial charge is 0.303 e. The third-order valence-corrected chi connectivity index (χ3v) is 3.41. The van der Waals surface area contributed by atoms with Crippen LogP contribution in [-0.4, -0.2) is 12.1 Å². The highest BCUT2D eigenvalue weighted by Crippen LogP contribution is 2.29. The first-order valence-electron chi connectivity index (χ1n) is 6.76. The highest BCUT2D eigenvalue weighted by atomic mass is 16.5. The molecule has 1 aromatic carbocycles. The van der Waals surface area contributed by atoms with Crippen molar-refractivity contribution in [3.63, 3.8) is 0 Å². The number of rotatable bonds is 5. The standard InChI is InChI=1S/C17H20O2/c1-13(11-12-15-7-4-3-5-8-15)16-9-6-10-17(16)19-14(2)18/h3-5,7-9,17H,1,6,10-12H2,2H3/t17-/m0/s1. The Kier molecular flexibility index (Phi) is 4.56. The number of carbonyl (C=O) groups excluding carboxylic acids is 1. The van der Waals surface area contributed by atoms with Crippen molar-refractivity contribution in [2.24, 2.45) is 0 Å². The van der Waals surface area contributed by atoms with Crippen molar-refractivity contribution in [1.82, 2.24) is 0 Å². The van der Waals surface area contributed by atoms with Gasteiger partial charge in [-0.15, -0.1) is 0 Å². The summed E-state index contributed by atoms with van der Waals surface area (Å²) >= 11 is 0. The summed E-state index contributed by atoms with van der Waals surface area (Å²) in [6.45, 7) is 5.61. The number of aryl methyl sites for hydroxylation is 1. The van der Waals surface area contributed by atoms with Crippen LogP contribution in [0.2, 0.25) is 0 Å². The lowest BCUT2D eigenvalue weighted by Gasteiger charge is -2.17. The number of esters is 1. The lowest BCUT2D eigenvalue weighted by molar-refractivity contribution is -0.144. The van der Waals surface area contributed by atoms with Gasteiger partial charge in [0.05, 0.1) is 0 Å². The molecule has 1 aliphatic rings. The molecule has 0 unspecified atom stereocenters. The van der Waals surface area contributed by atoms with Gasteiger partial charge >= 0.3 is 5.97 Å². The summed E-state index contributed by atoms with van der Waals surface area (Å²) < 4.78 is 5.33. The predicted molar refractivity (Wildman–Crippen MR) is 76.8 cm³/mol. The number of carbonyl (C=O) groups is 1. The van der Waals surface area contributed by atoms with E-state index in [1.54, 1.807) is 0 Å². The van der Waals surface area contributed by atoms with Gasteiger partial charge in [-0.25, -0.2) is 0 Å². The number of hydrogen-bond donors (Lipinski definition) is 0. The average Bonchev–Trinajstić information content (AvgIpc) is 2.84. The SMILES string of the molecule is C=C(CCc1ccccc1)C1=CCC[C@@H]1OC(C)=O. The van der Waals surface area contributed by atoms with E-state index in [0.717, 1.165) is 36.8 Å². The lowest BCUT2D eigenvalue weighted by Crippen LogP contribution is -2.16. The molecule has 0 aromatic heterocycles. The minimum Gasteiger partial charge on any atom is -0.458 e. The first-order chi connectivity index (χ1) is 9.16. The maximum Gasteiger partial charge on any atom is 0.303 e. The summed E-state index contributed by atoms with van der Waals surface area (Å²) in [5.74, 6) is -0.214. The van der Waals surface area contributed by atoms with Crippen LogP contribution in [0.25, 0.3) is 0 Å². The van der Waals surface area contributed by atoms with Crippen LogP contribution in [-0.2, 0) is 16.0 Å². The molecule has 0 spiro atoms. The van der Waals surface area contributed by atoms with E-state index in [2.05, 4.69) is 36.9 Å². The van der Waals surface area contributed by atoms with Gasteiger partial charge in [-0.1, -0.05) is 43.0 Å². The molecule has 0 radical (unpaired) electrons. The van der Waals surface area contributed by atoms with Crippen LogP contribution < -0.4 is 0 Å². The van der Waals surface area contributed by atoms with E-state index in [1.807, 2.05) is 6.07 Å². The van der Waals surface area contributed by atoms with Crippen molar-refractivity contribution >= 4 is 5.97 Å². The molecular formula is C17H20O2. The fraction of sp³-hybridized carbons (Fsp3) is 0.353. The molecule has 1 aliphatic carbocycles. The normalized spacial score (nSPS) is 17.9. The van der Waals surface area contributed by atoms with Crippen LogP contribution in [0, 0.1) is 0 Å². The highest BCUT2D eigenvalue weighted by molar-refractivity contribution is 5.66. The molecule has 0 N–H and O–H groups in total. The lowest BCUT2D eigenvalue weighted by atomic mass is 9.98. The van der Waals surface area contributed by atoms with Crippen molar-refractivity contribution in [3.8, 4) is 0 Å². The molecule has 0 bridgehead atoms. The second-order valence-electron chi connectivity index (χ2n) is 4.92. The maximum absolute atomic E-state index is 11.1. The molecule has 0 aliphatic heterocycles. The first kappa shape index (κ1) is 13.6. The van der Waals surface area contributed by atoms with Crippen molar-refractivity contribution in [3.05, 3.63) is 59.7 Å². The summed E-state index contributed by atoms with van der Waals surface area (Å²) in [6, 6.07) is 10.4. The first-order valence-corrected chi connectivity index (χ1v) is 6.76. The minimum absolute atomic E-state index is 0.0826. The Balaban J connectivity index is 1.91. The highest BCUT2D eigenvalue weighted by Gasteiger charge is 2.23. The zero-order valence-corrected chi connectivity index (χ0v) is 11.4. The van der Waals surface area contributed by atoms with E-state index < -0.39 is 0 Å². The van der Waals surface area contributed by atoms with E-state index >= 15 is 0 Å². The van der Waals surface area contributed by atoms with Gasteiger partial charge in [0, 0.05) is 6.92 Å². The second kappa shape index (κ2) is 6.37. The number of allylic oxidation sites excluding steroid dienone is 1. The number of ether oxygens (including phenoxy) is 1. The molecule has 2 rings (SSSR count). The Morgan fingerprint density at radius 2 is 2.11 bits per heavy atom. The van der Waals surface area contributed by atoms with E-state index in [1.165, 1.54) is 12.5 Å². The molecular weight excluding hydrogens is 236 g/mol. The zero-order chi connectivity index (χ0) is 13.7. The maximum atomic E-state index is 11.1. The van der Waals surface area contributed by atoms with Gasteiger partial charge in [-0.05, 0) is 42.4 Å². The molecule has 1 aromatic rings. The van der Waals surface area contributed by atoms with Crippen molar-refractivity contribution in [2.45, 2.75) is 38.7 Å². The van der Waals surface area contributed by atoms with Crippen molar-refractivity contribution < 1.29 is 9.53 Å².